The van der Waals surface area contributed by atoms with Gasteiger partial charge >= 0.3 is 0 Å². The van der Waals surface area contributed by atoms with Crippen molar-refractivity contribution in [1.82, 2.24) is 4.98 Å². The lowest BCUT2D eigenvalue weighted by molar-refractivity contribution is 0.104. The molecular formula is C13H20N2OSi. The summed E-state index contributed by atoms with van der Waals surface area (Å²) in [6.45, 7) is 10.6. The van der Waals surface area contributed by atoms with Crippen molar-refractivity contribution in [3.63, 3.8) is 0 Å². The van der Waals surface area contributed by atoms with Gasteiger partial charge in [0.15, 0.2) is 9.76 Å². The highest BCUT2D eigenvalue weighted by Crippen LogP contribution is 2.28. The first-order valence-electron chi connectivity index (χ1n) is 5.76. The van der Waals surface area contributed by atoms with Crippen molar-refractivity contribution in [3.05, 3.63) is 29.6 Å². The lowest BCUT2D eigenvalue weighted by Crippen LogP contribution is -2.28. The second-order valence-electron chi connectivity index (χ2n) is 5.88. The SMILES string of the molecule is CC(C)(C)[SiH2]OC(C)(C)c1cccc(C#N)n1. The average molecular weight is 248 g/mol. The third kappa shape index (κ3) is 4.29. The molecule has 1 rings (SSSR count). The van der Waals surface area contributed by atoms with Crippen LogP contribution in [-0.4, -0.2) is 14.7 Å². The van der Waals surface area contributed by atoms with E-state index < -0.39 is 15.4 Å². The van der Waals surface area contributed by atoms with Crippen molar-refractivity contribution in [1.29, 1.82) is 5.26 Å². The summed E-state index contributed by atoms with van der Waals surface area (Å²) in [6.07, 6.45) is 0. The number of hydrogen-bond acceptors (Lipinski definition) is 3. The van der Waals surface area contributed by atoms with Crippen molar-refractivity contribution in [2.75, 3.05) is 0 Å². The molecule has 0 saturated carbocycles. The van der Waals surface area contributed by atoms with E-state index in [-0.39, 0.29) is 5.04 Å². The number of pyridine rings is 1. The molecule has 0 unspecified atom stereocenters. The molecule has 0 aliphatic heterocycles. The molecule has 0 spiro atoms. The summed E-state index contributed by atoms with van der Waals surface area (Å²) in [5.41, 5.74) is 0.858. The third-order valence-corrected chi connectivity index (χ3v) is 4.08. The molecule has 4 heteroatoms. The monoisotopic (exact) mass is 248 g/mol. The Morgan fingerprint density at radius 3 is 2.41 bits per heavy atom. The van der Waals surface area contributed by atoms with E-state index in [2.05, 4.69) is 31.8 Å². The van der Waals surface area contributed by atoms with Crippen molar-refractivity contribution in [2.45, 2.75) is 45.3 Å². The van der Waals surface area contributed by atoms with E-state index in [1.54, 1.807) is 6.07 Å². The number of hydrogen-bond donors (Lipinski definition) is 0. The molecule has 0 bridgehead atoms. The van der Waals surface area contributed by atoms with E-state index in [0.29, 0.717) is 5.69 Å². The molecule has 0 aliphatic carbocycles. The first-order chi connectivity index (χ1) is 7.74. The van der Waals surface area contributed by atoms with E-state index in [0.717, 1.165) is 5.69 Å². The van der Waals surface area contributed by atoms with Crippen molar-refractivity contribution < 1.29 is 4.43 Å². The summed E-state index contributed by atoms with van der Waals surface area (Å²) in [5.74, 6) is 0. The Hall–Kier alpha value is -1.18. The van der Waals surface area contributed by atoms with Gasteiger partial charge in [-0.15, -0.1) is 0 Å². The van der Waals surface area contributed by atoms with E-state index in [1.807, 2.05) is 26.0 Å². The molecule has 1 aromatic heterocycles. The van der Waals surface area contributed by atoms with E-state index >= 15 is 0 Å². The van der Waals surface area contributed by atoms with Crippen LogP contribution >= 0.6 is 0 Å². The molecule has 0 atom stereocenters. The molecule has 0 saturated heterocycles. The van der Waals surface area contributed by atoms with Gasteiger partial charge in [-0.1, -0.05) is 26.8 Å². The smallest absolute Gasteiger partial charge is 0.168 e. The highest BCUT2D eigenvalue weighted by Gasteiger charge is 2.25. The van der Waals surface area contributed by atoms with E-state index in [4.69, 9.17) is 9.69 Å². The van der Waals surface area contributed by atoms with Crippen LogP contribution in [0.5, 0.6) is 0 Å². The van der Waals surface area contributed by atoms with Gasteiger partial charge in [-0.3, -0.25) is 0 Å². The molecule has 1 aromatic rings. The maximum Gasteiger partial charge on any atom is 0.168 e. The summed E-state index contributed by atoms with van der Waals surface area (Å²) in [6, 6.07) is 7.53. The zero-order chi connectivity index (χ0) is 13.1. The van der Waals surface area contributed by atoms with Crippen LogP contribution in [-0.2, 0) is 10.0 Å². The quantitative estimate of drug-likeness (QED) is 0.772. The van der Waals surface area contributed by atoms with Gasteiger partial charge < -0.3 is 4.43 Å². The summed E-state index contributed by atoms with van der Waals surface area (Å²) < 4.78 is 6.05. The maximum atomic E-state index is 8.84. The standard InChI is InChI=1S/C13H20N2OSi/c1-12(2,3)17-16-13(4,5)11-8-6-7-10(9-14)15-11/h6-8H,17H2,1-5H3. The minimum atomic E-state index is -0.640. The van der Waals surface area contributed by atoms with Gasteiger partial charge in [0.2, 0.25) is 0 Å². The first-order valence-corrected chi connectivity index (χ1v) is 7.05. The summed E-state index contributed by atoms with van der Waals surface area (Å²) in [5, 5.41) is 9.10. The van der Waals surface area contributed by atoms with E-state index in [1.165, 1.54) is 0 Å². The molecule has 17 heavy (non-hydrogen) atoms. The Morgan fingerprint density at radius 2 is 1.88 bits per heavy atom. The predicted octanol–water partition coefficient (Wildman–Crippen LogP) is 2.51. The molecular weight excluding hydrogens is 228 g/mol. The van der Waals surface area contributed by atoms with Gasteiger partial charge in [-0.25, -0.2) is 4.98 Å². The van der Waals surface area contributed by atoms with Crippen LogP contribution in [0.25, 0.3) is 0 Å². The zero-order valence-corrected chi connectivity index (χ0v) is 12.7. The predicted molar refractivity (Wildman–Crippen MR) is 71.3 cm³/mol. The highest BCUT2D eigenvalue weighted by atomic mass is 28.2. The number of nitrogens with zero attached hydrogens (tertiary/aromatic N) is 2. The van der Waals surface area contributed by atoms with Crippen LogP contribution in [0.15, 0.2) is 18.2 Å². The zero-order valence-electron chi connectivity index (χ0n) is 11.2. The minimum Gasteiger partial charge on any atom is -0.413 e. The lowest BCUT2D eigenvalue weighted by Gasteiger charge is -2.29. The molecule has 0 fully saturated rings. The Balaban J connectivity index is 2.85. The van der Waals surface area contributed by atoms with Crippen molar-refractivity contribution >= 4 is 9.76 Å². The van der Waals surface area contributed by atoms with Gasteiger partial charge in [0, 0.05) is 0 Å². The fourth-order valence-electron chi connectivity index (χ4n) is 1.30. The van der Waals surface area contributed by atoms with Crippen molar-refractivity contribution in [2.24, 2.45) is 0 Å². The normalized spacial score (nSPS) is 12.9. The molecule has 0 aromatic carbocycles. The van der Waals surface area contributed by atoms with Crippen LogP contribution in [0, 0.1) is 11.3 Å². The maximum absolute atomic E-state index is 8.84. The second-order valence-corrected chi connectivity index (χ2v) is 8.58. The molecule has 3 nitrogen and oxygen atoms in total. The van der Waals surface area contributed by atoms with Gasteiger partial charge in [0.05, 0.1) is 11.3 Å². The van der Waals surface area contributed by atoms with Gasteiger partial charge in [-0.05, 0) is 31.0 Å². The molecule has 92 valence electrons. The van der Waals surface area contributed by atoms with Gasteiger partial charge in [0.1, 0.15) is 11.8 Å². The highest BCUT2D eigenvalue weighted by molar-refractivity contribution is 6.31. The Labute approximate surface area is 106 Å². The summed E-state index contributed by atoms with van der Waals surface area (Å²) in [7, 11) is -0.640. The second kappa shape index (κ2) is 4.99. The number of aromatic nitrogens is 1. The fraction of sp³-hybridized carbons (Fsp3) is 0.538. The van der Waals surface area contributed by atoms with Gasteiger partial charge in [0.25, 0.3) is 0 Å². The van der Waals surface area contributed by atoms with Crippen LogP contribution in [0.2, 0.25) is 5.04 Å². The number of nitriles is 1. The lowest BCUT2D eigenvalue weighted by atomic mass is 10.0. The summed E-state index contributed by atoms with van der Waals surface area (Å²) in [4.78, 5) is 4.30. The van der Waals surface area contributed by atoms with Crippen molar-refractivity contribution in [3.8, 4) is 6.07 Å². The van der Waals surface area contributed by atoms with Crippen LogP contribution in [0.3, 0.4) is 0 Å². The van der Waals surface area contributed by atoms with Crippen LogP contribution in [0.1, 0.15) is 46.0 Å². The third-order valence-electron chi connectivity index (χ3n) is 2.35. The average Bonchev–Trinajstić information content (AvgIpc) is 2.26. The fourth-order valence-corrected chi connectivity index (χ4v) is 2.24. The first kappa shape index (κ1) is 13.9. The topological polar surface area (TPSA) is 45.9 Å². The molecule has 0 amide bonds. The Bertz CT molecular complexity index is 430. The largest absolute Gasteiger partial charge is 0.413 e. The Kier molecular flexibility index (Phi) is 4.07. The minimum absolute atomic E-state index is 0.254. The van der Waals surface area contributed by atoms with Gasteiger partial charge in [-0.2, -0.15) is 5.26 Å². The molecule has 1 heterocycles. The molecule has 0 aliphatic rings. The molecule has 0 N–H and O–H groups in total. The summed E-state index contributed by atoms with van der Waals surface area (Å²) >= 11 is 0. The van der Waals surface area contributed by atoms with Crippen LogP contribution in [0.4, 0.5) is 0 Å². The number of rotatable bonds is 3. The Morgan fingerprint density at radius 1 is 1.24 bits per heavy atom. The van der Waals surface area contributed by atoms with E-state index in [9.17, 15) is 0 Å². The molecule has 0 radical (unpaired) electrons. The van der Waals surface area contributed by atoms with Crippen LogP contribution < -0.4 is 0 Å².